The number of methoxy groups -OCH3 is 1. The second-order valence-corrected chi connectivity index (χ2v) is 20.1. The molecule has 0 saturated carbocycles. The Bertz CT molecular complexity index is 2490. The molecular formula is C58H70OSiZr-4. The van der Waals surface area contributed by atoms with Gasteiger partial charge in [0.05, 0.1) is 7.11 Å². The van der Waals surface area contributed by atoms with Crippen LogP contribution in [-0.4, -0.2) is 14.0 Å². The van der Waals surface area contributed by atoms with Crippen LogP contribution in [0.15, 0.2) is 97.1 Å². The van der Waals surface area contributed by atoms with Crippen LogP contribution in [0.3, 0.4) is 0 Å². The Hall–Kier alpha value is -3.78. The third-order valence-electron chi connectivity index (χ3n) is 12.1. The monoisotopic (exact) mass is 900 g/mol. The first-order chi connectivity index (χ1) is 27.7. The third kappa shape index (κ3) is 10.4. The van der Waals surface area contributed by atoms with Crippen molar-refractivity contribution in [3.8, 4) is 39.1 Å². The summed E-state index contributed by atoms with van der Waals surface area (Å²) in [5.41, 5.74) is 20.9. The molecule has 0 bridgehead atoms. The van der Waals surface area contributed by atoms with Gasteiger partial charge in [-0.25, -0.2) is 0 Å². The summed E-state index contributed by atoms with van der Waals surface area (Å²) in [6.07, 6.45) is 3.61. The van der Waals surface area contributed by atoms with Crippen molar-refractivity contribution in [1.29, 1.82) is 0 Å². The molecule has 1 aliphatic rings. The first kappa shape index (κ1) is 49.9. The maximum absolute atomic E-state index is 5.95. The van der Waals surface area contributed by atoms with Crippen LogP contribution in [0.4, 0.5) is 0 Å². The quantitative estimate of drug-likeness (QED) is 0.126. The SMILES string of the molecule is COc1c(C(C)(C)C)cc2[cH-]c(C)cc2c1-c1cc(C)cc(C)c1.Cc1cc2c(-c3ccc(C(C)(C)C)cc3)c3c(c(-c4ccc(C(C)(C)C)cc4)c2[cH-]1)CCC3.[CH3-].[CH3-].[Si]=[Zr]. The molecule has 0 amide bonds. The van der Waals surface area contributed by atoms with Gasteiger partial charge in [-0.2, -0.15) is 12.1 Å². The number of benzene rings is 5. The van der Waals surface area contributed by atoms with Gasteiger partial charge in [-0.15, -0.1) is 50.9 Å². The zero-order valence-electron chi connectivity index (χ0n) is 40.3. The number of hydrogen-bond donors (Lipinski definition) is 0. The summed E-state index contributed by atoms with van der Waals surface area (Å²) in [7, 11) is 1.79. The molecule has 0 unspecified atom stereocenters. The van der Waals surface area contributed by atoms with Crippen molar-refractivity contribution in [2.24, 2.45) is 0 Å². The third-order valence-corrected chi connectivity index (χ3v) is 12.1. The Morgan fingerprint density at radius 3 is 1.46 bits per heavy atom. The van der Waals surface area contributed by atoms with Gasteiger partial charge in [0.15, 0.2) is 0 Å². The summed E-state index contributed by atoms with van der Waals surface area (Å²) in [6, 6.07) is 37.2. The van der Waals surface area contributed by atoms with Gasteiger partial charge < -0.3 is 19.6 Å². The number of fused-ring (bicyclic) bond motifs is 3. The Kier molecular flexibility index (Phi) is 15.8. The normalized spacial score (nSPS) is 12.4. The van der Waals surface area contributed by atoms with Gasteiger partial charge in [-0.1, -0.05) is 182 Å². The van der Waals surface area contributed by atoms with E-state index in [1.807, 2.05) is 0 Å². The molecule has 0 heterocycles. The fourth-order valence-electron chi connectivity index (χ4n) is 9.28. The molecule has 3 heteroatoms. The molecule has 8 rings (SSSR count). The number of ether oxygens (including phenoxy) is 1. The zero-order chi connectivity index (χ0) is 43.2. The van der Waals surface area contributed by atoms with Crippen LogP contribution < -0.4 is 4.74 Å². The van der Waals surface area contributed by atoms with Crippen molar-refractivity contribution < 1.29 is 28.1 Å². The van der Waals surface area contributed by atoms with Crippen molar-refractivity contribution in [3.63, 3.8) is 0 Å². The van der Waals surface area contributed by atoms with Crippen molar-refractivity contribution in [2.45, 2.75) is 126 Å². The van der Waals surface area contributed by atoms with Gasteiger partial charge in [0, 0.05) is 0 Å². The molecule has 0 aromatic heterocycles. The van der Waals surface area contributed by atoms with E-state index in [2.05, 4.69) is 194 Å². The molecule has 7 aromatic carbocycles. The minimum atomic E-state index is 0. The summed E-state index contributed by atoms with van der Waals surface area (Å²) in [5.74, 6) is 1.01. The molecule has 0 spiro atoms. The molecule has 2 radical (unpaired) electrons. The van der Waals surface area contributed by atoms with E-state index < -0.39 is 0 Å². The molecule has 61 heavy (non-hydrogen) atoms. The Morgan fingerprint density at radius 1 is 0.525 bits per heavy atom. The Balaban J connectivity index is 0.000000261. The molecule has 0 atom stereocenters. The summed E-state index contributed by atoms with van der Waals surface area (Å²) >= 11 is 1.36. The van der Waals surface area contributed by atoms with E-state index in [-0.39, 0.29) is 31.1 Å². The maximum atomic E-state index is 5.95. The van der Waals surface area contributed by atoms with Crippen molar-refractivity contribution in [1.82, 2.24) is 0 Å². The van der Waals surface area contributed by atoms with Gasteiger partial charge in [0.2, 0.25) is 0 Å². The van der Waals surface area contributed by atoms with E-state index in [0.717, 1.165) is 5.75 Å². The van der Waals surface area contributed by atoms with Gasteiger partial charge in [0.1, 0.15) is 5.75 Å². The van der Waals surface area contributed by atoms with Crippen molar-refractivity contribution in [3.05, 3.63) is 162 Å². The van der Waals surface area contributed by atoms with E-state index in [0.29, 0.717) is 0 Å². The van der Waals surface area contributed by atoms with Crippen LogP contribution >= 0.6 is 0 Å². The molecule has 7 aromatic rings. The van der Waals surface area contributed by atoms with E-state index in [1.165, 1.54) is 136 Å². The van der Waals surface area contributed by atoms with Crippen LogP contribution in [0.5, 0.6) is 5.75 Å². The molecule has 1 nitrogen and oxygen atoms in total. The molecule has 0 N–H and O–H groups in total. The van der Waals surface area contributed by atoms with E-state index in [9.17, 15) is 0 Å². The molecule has 0 saturated heterocycles. The average molecular weight is 903 g/mol. The molecule has 1 aliphatic carbocycles. The molecule has 0 fully saturated rings. The molecular weight excluding hydrogens is 832 g/mol. The zero-order valence-corrected chi connectivity index (χ0v) is 43.7. The standard InChI is InChI=1S/C33H37.C23H27O.2CH3.Si.Zr/c1-21-19-28-29(20-21)31(23-13-17-25(18-14-23)33(5,6)7)27-10-8-9-26(27)30(28)22-11-15-24(16-12-22)32(2,3)4;1-14-8-15(2)11-18(10-14)21-19-12-16(3)9-17(19)13-20(22(21)24-7)23(4,5)6;;;;/h11-20H,8-10H2,1-7H3;8-13H,1-7H3;2*1H3;;/q4*-1;;. The predicted molar refractivity (Wildman–Crippen MR) is 268 cm³/mol. The Morgan fingerprint density at radius 2 is 0.984 bits per heavy atom. The summed E-state index contributed by atoms with van der Waals surface area (Å²) in [4.78, 5) is 0. The number of aryl methyl sites for hydroxylation is 4. The summed E-state index contributed by atoms with van der Waals surface area (Å²) in [6.45, 7) is 32.3. The van der Waals surface area contributed by atoms with E-state index in [4.69, 9.17) is 4.74 Å². The fourth-order valence-corrected chi connectivity index (χ4v) is 9.28. The Labute approximate surface area is 387 Å². The fraction of sp³-hybridized carbons (Fsp3) is 0.345. The second-order valence-electron chi connectivity index (χ2n) is 20.1. The van der Waals surface area contributed by atoms with Crippen LogP contribution in [0.2, 0.25) is 0 Å². The van der Waals surface area contributed by atoms with Gasteiger partial charge >= 0.3 is 30.2 Å². The van der Waals surface area contributed by atoms with E-state index in [1.54, 1.807) is 18.2 Å². The molecule has 0 aliphatic heterocycles. The summed E-state index contributed by atoms with van der Waals surface area (Å²) in [5, 5.41) is 5.42. The van der Waals surface area contributed by atoms with Gasteiger partial charge in [0.25, 0.3) is 0 Å². The molecule has 320 valence electrons. The first-order valence-corrected chi connectivity index (χ1v) is 25.5. The van der Waals surface area contributed by atoms with Crippen LogP contribution in [0, 0.1) is 42.5 Å². The number of hydrogen-bond acceptors (Lipinski definition) is 1. The van der Waals surface area contributed by atoms with Crippen LogP contribution in [0.1, 0.15) is 119 Å². The predicted octanol–water partition coefficient (Wildman–Crippen LogP) is 16.3. The van der Waals surface area contributed by atoms with Gasteiger partial charge in [-0.3, -0.25) is 0 Å². The minimum absolute atomic E-state index is 0. The van der Waals surface area contributed by atoms with E-state index >= 15 is 0 Å². The average Bonchev–Trinajstić information content (AvgIpc) is 3.90. The van der Waals surface area contributed by atoms with Crippen molar-refractivity contribution in [2.75, 3.05) is 7.11 Å². The topological polar surface area (TPSA) is 9.23 Å². The van der Waals surface area contributed by atoms with Crippen molar-refractivity contribution >= 4 is 28.4 Å². The number of rotatable bonds is 4. The van der Waals surface area contributed by atoms with Crippen LogP contribution in [0.25, 0.3) is 54.9 Å². The van der Waals surface area contributed by atoms with Gasteiger partial charge in [-0.05, 0) is 82.7 Å². The first-order valence-electron chi connectivity index (χ1n) is 21.3. The second kappa shape index (κ2) is 19.3. The van der Waals surface area contributed by atoms with Crippen LogP contribution in [-0.2, 0) is 52.4 Å². The summed E-state index contributed by atoms with van der Waals surface area (Å²) < 4.78 is 5.95.